The number of hydrogen-bond donors (Lipinski definition) is 1. The molecule has 29 heavy (non-hydrogen) atoms. The molecule has 1 N–H and O–H groups in total. The van der Waals surface area contributed by atoms with Crippen molar-refractivity contribution in [3.8, 4) is 0 Å². The van der Waals surface area contributed by atoms with Gasteiger partial charge >= 0.3 is 0 Å². The summed E-state index contributed by atoms with van der Waals surface area (Å²) in [7, 11) is -3.75. The number of aryl methyl sites for hydroxylation is 1. The fraction of sp³-hybridized carbons (Fsp3) is 0.350. The van der Waals surface area contributed by atoms with E-state index in [2.05, 4.69) is 5.32 Å². The molecular formula is C20H22F2N2O3S2. The molecule has 1 amide bonds. The normalized spacial score (nSPS) is 18.3. The van der Waals surface area contributed by atoms with Gasteiger partial charge in [0.1, 0.15) is 11.6 Å². The van der Waals surface area contributed by atoms with E-state index < -0.39 is 21.7 Å². The SMILES string of the molecule is CC(=O)Nc1ccc(S(=O)(=O)N2CCSC(c3cc(F)ccc3F)CC2)c(C)c1. The first-order valence-electron chi connectivity index (χ1n) is 9.13. The van der Waals surface area contributed by atoms with Crippen LogP contribution in [0.3, 0.4) is 0 Å². The number of nitrogens with one attached hydrogen (secondary N) is 1. The fourth-order valence-electron chi connectivity index (χ4n) is 3.36. The molecule has 0 aliphatic carbocycles. The molecule has 1 aliphatic rings. The molecule has 5 nitrogen and oxygen atoms in total. The molecule has 0 bridgehead atoms. The zero-order chi connectivity index (χ0) is 21.2. The number of anilines is 1. The monoisotopic (exact) mass is 440 g/mol. The van der Waals surface area contributed by atoms with Crippen LogP contribution in [0, 0.1) is 18.6 Å². The van der Waals surface area contributed by atoms with Gasteiger partial charge in [-0.1, -0.05) is 0 Å². The van der Waals surface area contributed by atoms with Crippen LogP contribution >= 0.6 is 11.8 Å². The molecule has 1 atom stereocenters. The van der Waals surface area contributed by atoms with Crippen molar-refractivity contribution >= 4 is 33.4 Å². The number of rotatable bonds is 4. The molecule has 1 saturated heterocycles. The van der Waals surface area contributed by atoms with Gasteiger partial charge in [-0.15, -0.1) is 0 Å². The van der Waals surface area contributed by atoms with Crippen molar-refractivity contribution in [2.45, 2.75) is 30.4 Å². The molecule has 156 valence electrons. The summed E-state index contributed by atoms with van der Waals surface area (Å²) >= 11 is 1.43. The van der Waals surface area contributed by atoms with Gasteiger partial charge in [0.2, 0.25) is 15.9 Å². The maximum absolute atomic E-state index is 14.1. The third kappa shape index (κ3) is 4.96. The number of nitrogens with zero attached hydrogens (tertiary/aromatic N) is 1. The fourth-order valence-corrected chi connectivity index (χ4v) is 6.38. The highest BCUT2D eigenvalue weighted by Gasteiger charge is 2.30. The smallest absolute Gasteiger partial charge is 0.243 e. The van der Waals surface area contributed by atoms with E-state index in [0.29, 0.717) is 23.4 Å². The van der Waals surface area contributed by atoms with Crippen LogP contribution in [-0.2, 0) is 14.8 Å². The van der Waals surface area contributed by atoms with Crippen molar-refractivity contribution < 1.29 is 22.0 Å². The molecular weight excluding hydrogens is 418 g/mol. The van der Waals surface area contributed by atoms with E-state index in [0.717, 1.165) is 12.1 Å². The first kappa shape index (κ1) is 21.7. The quantitative estimate of drug-likeness (QED) is 0.777. The summed E-state index contributed by atoms with van der Waals surface area (Å²) in [5, 5.41) is 2.32. The van der Waals surface area contributed by atoms with Crippen LogP contribution in [0.1, 0.15) is 29.7 Å². The van der Waals surface area contributed by atoms with Gasteiger partial charge in [-0.25, -0.2) is 17.2 Å². The van der Waals surface area contributed by atoms with Gasteiger partial charge in [0.15, 0.2) is 0 Å². The van der Waals surface area contributed by atoms with Gasteiger partial charge in [-0.05, 0) is 55.3 Å². The summed E-state index contributed by atoms with van der Waals surface area (Å²) in [4.78, 5) is 11.4. The summed E-state index contributed by atoms with van der Waals surface area (Å²) in [5.41, 5.74) is 1.33. The number of amides is 1. The molecule has 9 heteroatoms. The first-order chi connectivity index (χ1) is 13.7. The lowest BCUT2D eigenvalue weighted by Gasteiger charge is -2.21. The molecule has 1 unspecified atom stereocenters. The summed E-state index contributed by atoms with van der Waals surface area (Å²) in [6.45, 7) is 3.55. The van der Waals surface area contributed by atoms with Gasteiger partial charge in [0.25, 0.3) is 0 Å². The Kier molecular flexibility index (Phi) is 6.60. The van der Waals surface area contributed by atoms with Crippen LogP contribution in [0.5, 0.6) is 0 Å². The number of halogens is 2. The average molecular weight is 441 g/mol. The lowest BCUT2D eigenvalue weighted by Crippen LogP contribution is -2.33. The minimum Gasteiger partial charge on any atom is -0.326 e. The molecule has 1 fully saturated rings. The van der Waals surface area contributed by atoms with Crippen LogP contribution in [-0.4, -0.2) is 37.5 Å². The minimum absolute atomic E-state index is 0.173. The predicted octanol–water partition coefficient (Wildman–Crippen LogP) is 4.10. The van der Waals surface area contributed by atoms with Crippen LogP contribution in [0.25, 0.3) is 0 Å². The second kappa shape index (κ2) is 8.81. The third-order valence-electron chi connectivity index (χ3n) is 4.72. The topological polar surface area (TPSA) is 66.5 Å². The van der Waals surface area contributed by atoms with E-state index in [4.69, 9.17) is 0 Å². The number of benzene rings is 2. The third-order valence-corrected chi connectivity index (χ3v) is 8.09. The van der Waals surface area contributed by atoms with E-state index in [1.165, 1.54) is 35.1 Å². The highest BCUT2D eigenvalue weighted by atomic mass is 32.2. The van der Waals surface area contributed by atoms with E-state index in [9.17, 15) is 22.0 Å². The number of hydrogen-bond acceptors (Lipinski definition) is 4. The van der Waals surface area contributed by atoms with Crippen LogP contribution in [0.2, 0.25) is 0 Å². The zero-order valence-corrected chi connectivity index (χ0v) is 17.7. The number of sulfonamides is 1. The Morgan fingerprint density at radius 2 is 1.93 bits per heavy atom. The molecule has 2 aromatic rings. The molecule has 3 rings (SSSR count). The average Bonchev–Trinajstić information content (AvgIpc) is 2.89. The first-order valence-corrected chi connectivity index (χ1v) is 11.6. The molecule has 0 radical (unpaired) electrons. The van der Waals surface area contributed by atoms with E-state index >= 15 is 0 Å². The minimum atomic E-state index is -3.75. The van der Waals surface area contributed by atoms with E-state index in [-0.39, 0.29) is 34.7 Å². The number of carbonyl (C=O) groups is 1. The lowest BCUT2D eigenvalue weighted by atomic mass is 10.1. The molecule has 0 saturated carbocycles. The summed E-state index contributed by atoms with van der Waals surface area (Å²) < 4.78 is 55.4. The molecule has 0 spiro atoms. The van der Waals surface area contributed by atoms with Crippen molar-refractivity contribution in [2.24, 2.45) is 0 Å². The highest BCUT2D eigenvalue weighted by Crippen LogP contribution is 2.37. The van der Waals surface area contributed by atoms with Gasteiger partial charge < -0.3 is 5.32 Å². The van der Waals surface area contributed by atoms with E-state index in [1.54, 1.807) is 19.1 Å². The molecule has 2 aromatic carbocycles. The van der Waals surface area contributed by atoms with Crippen LogP contribution in [0.4, 0.5) is 14.5 Å². The Labute approximate surface area is 173 Å². The standard InChI is InChI=1S/C20H22F2N2O3S2/c1-13-11-16(23-14(2)25)4-6-20(13)29(26,27)24-8-7-19(28-10-9-24)17-12-15(21)3-5-18(17)22/h3-6,11-12,19H,7-10H2,1-2H3,(H,23,25). The Hall–Kier alpha value is -1.97. The molecule has 1 heterocycles. The Morgan fingerprint density at radius 1 is 1.17 bits per heavy atom. The van der Waals surface area contributed by atoms with Crippen LogP contribution in [0.15, 0.2) is 41.3 Å². The largest absolute Gasteiger partial charge is 0.326 e. The van der Waals surface area contributed by atoms with Gasteiger partial charge in [-0.3, -0.25) is 4.79 Å². The predicted molar refractivity (Wildman–Crippen MR) is 110 cm³/mol. The maximum Gasteiger partial charge on any atom is 0.243 e. The number of carbonyl (C=O) groups excluding carboxylic acids is 1. The maximum atomic E-state index is 14.1. The van der Waals surface area contributed by atoms with Crippen molar-refractivity contribution in [1.82, 2.24) is 4.31 Å². The van der Waals surface area contributed by atoms with Crippen LogP contribution < -0.4 is 5.32 Å². The summed E-state index contributed by atoms with van der Waals surface area (Å²) in [5.74, 6) is -0.751. The Morgan fingerprint density at radius 3 is 2.62 bits per heavy atom. The Bertz CT molecular complexity index is 1030. The zero-order valence-electron chi connectivity index (χ0n) is 16.1. The van der Waals surface area contributed by atoms with Crippen molar-refractivity contribution in [3.05, 3.63) is 59.2 Å². The van der Waals surface area contributed by atoms with Crippen molar-refractivity contribution in [3.63, 3.8) is 0 Å². The number of thioether (sulfide) groups is 1. The second-order valence-electron chi connectivity index (χ2n) is 6.88. The highest BCUT2D eigenvalue weighted by molar-refractivity contribution is 7.99. The van der Waals surface area contributed by atoms with Crippen molar-refractivity contribution in [1.29, 1.82) is 0 Å². The second-order valence-corrected chi connectivity index (χ2v) is 10.1. The summed E-state index contributed by atoms with van der Waals surface area (Å²) in [6.07, 6.45) is 0.382. The van der Waals surface area contributed by atoms with E-state index in [1.807, 2.05) is 0 Å². The summed E-state index contributed by atoms with van der Waals surface area (Å²) in [6, 6.07) is 8.01. The van der Waals surface area contributed by atoms with Gasteiger partial charge in [0.05, 0.1) is 4.90 Å². The molecule has 1 aliphatic heterocycles. The Balaban J connectivity index is 1.80. The molecule has 0 aromatic heterocycles. The van der Waals surface area contributed by atoms with Gasteiger partial charge in [-0.2, -0.15) is 16.1 Å². The van der Waals surface area contributed by atoms with Gasteiger partial charge in [0, 0.05) is 42.3 Å². The van der Waals surface area contributed by atoms with Crippen molar-refractivity contribution in [2.75, 3.05) is 24.2 Å². The lowest BCUT2D eigenvalue weighted by molar-refractivity contribution is -0.114.